The summed E-state index contributed by atoms with van der Waals surface area (Å²) in [7, 11) is 1.66. The predicted molar refractivity (Wildman–Crippen MR) is 230 cm³/mol. The summed E-state index contributed by atoms with van der Waals surface area (Å²) in [5.41, 5.74) is 25.9. The van der Waals surface area contributed by atoms with Crippen LogP contribution in [-0.2, 0) is 40.4 Å². The molecule has 0 spiro atoms. The number of carbonyl (C=O) groups is 3. The van der Waals surface area contributed by atoms with Crippen LogP contribution >= 0.6 is 23.4 Å². The van der Waals surface area contributed by atoms with Gasteiger partial charge >= 0.3 is 0 Å². The van der Waals surface area contributed by atoms with Crippen molar-refractivity contribution in [3.8, 4) is 11.1 Å². The fourth-order valence-electron chi connectivity index (χ4n) is 7.51. The lowest BCUT2D eigenvalue weighted by Crippen LogP contribution is -2.56. The Morgan fingerprint density at radius 3 is 2.28 bits per heavy atom. The molecule has 1 aliphatic heterocycles. The second kappa shape index (κ2) is 20.3. The number of fused-ring (bicyclic) bond motifs is 3. The maximum absolute atomic E-state index is 14.6. The first-order valence-corrected chi connectivity index (χ1v) is 21.0. The molecule has 10 nitrogen and oxygen atoms in total. The van der Waals surface area contributed by atoms with E-state index in [0.29, 0.717) is 69.7 Å². The van der Waals surface area contributed by atoms with E-state index in [9.17, 15) is 14.4 Å². The van der Waals surface area contributed by atoms with Gasteiger partial charge in [-0.15, -0.1) is 0 Å². The number of rotatable bonds is 11. The molecule has 2 aliphatic rings. The Kier molecular flexibility index (Phi) is 15.0. The normalized spacial score (nSPS) is 19.2. The zero-order chi connectivity index (χ0) is 40.3. The summed E-state index contributed by atoms with van der Waals surface area (Å²) in [5, 5.41) is 10.3. The first-order chi connectivity index (χ1) is 27.7. The van der Waals surface area contributed by atoms with Crippen LogP contribution < -0.4 is 33.2 Å². The highest BCUT2D eigenvalue weighted by Gasteiger charge is 2.35. The van der Waals surface area contributed by atoms with Gasteiger partial charge in [0.1, 0.15) is 12.1 Å². The maximum Gasteiger partial charge on any atom is 0.245 e. The van der Waals surface area contributed by atoms with E-state index < -0.39 is 18.1 Å². The number of hydrogen-bond donors (Lipinski definition) is 6. The van der Waals surface area contributed by atoms with E-state index in [1.165, 1.54) is 22.2 Å². The second-order valence-electron chi connectivity index (χ2n) is 14.7. The number of nitrogens with one attached hydrogen (secondary N) is 3. The summed E-state index contributed by atoms with van der Waals surface area (Å²) in [6.07, 6.45) is 6.00. The summed E-state index contributed by atoms with van der Waals surface area (Å²) in [5.74, 6) is -0.919. The first kappa shape index (κ1) is 42.1. The van der Waals surface area contributed by atoms with Gasteiger partial charge in [0.15, 0.2) is 0 Å². The molecule has 300 valence electrons. The van der Waals surface area contributed by atoms with Gasteiger partial charge < -0.3 is 38.1 Å². The molecule has 3 amide bonds. The summed E-state index contributed by atoms with van der Waals surface area (Å²) in [6, 6.07) is 25.9. The lowest BCUT2D eigenvalue weighted by molar-refractivity contribution is -0.142. The third kappa shape index (κ3) is 10.5. The van der Waals surface area contributed by atoms with E-state index in [1.54, 1.807) is 7.05 Å². The van der Waals surface area contributed by atoms with Gasteiger partial charge in [0.05, 0.1) is 11.1 Å². The molecular formula is C45H54ClN7O3S. The van der Waals surface area contributed by atoms with Gasteiger partial charge in [0.25, 0.3) is 0 Å². The van der Waals surface area contributed by atoms with Gasteiger partial charge in [-0.25, -0.2) is 0 Å². The Hall–Kier alpha value is -4.49. The zero-order valence-corrected chi connectivity index (χ0v) is 34.1. The number of nitrogens with two attached hydrogens (primary N) is 3. The Morgan fingerprint density at radius 2 is 1.51 bits per heavy atom. The molecule has 57 heavy (non-hydrogen) atoms. The maximum atomic E-state index is 14.6. The van der Waals surface area contributed by atoms with Crippen molar-refractivity contribution in [2.75, 3.05) is 20.1 Å². The van der Waals surface area contributed by atoms with Crippen LogP contribution in [-0.4, -0.2) is 60.9 Å². The number of hydrogen-bond acceptors (Lipinski definition) is 8. The number of likely N-dealkylation sites (N-methyl/N-ethyl adjacent to an activating group) is 1. The highest BCUT2D eigenvalue weighted by atomic mass is 35.5. The van der Waals surface area contributed by atoms with E-state index in [4.69, 9.17) is 28.8 Å². The molecule has 0 unspecified atom stereocenters. The van der Waals surface area contributed by atoms with E-state index in [-0.39, 0.29) is 24.3 Å². The molecule has 1 aliphatic carbocycles. The molecule has 4 aromatic rings. The van der Waals surface area contributed by atoms with Gasteiger partial charge in [0.2, 0.25) is 17.7 Å². The largest absolute Gasteiger partial charge is 0.350 e. The minimum atomic E-state index is -0.863. The monoisotopic (exact) mass is 807 g/mol. The topological polar surface area (TPSA) is 169 Å². The number of unbranched alkanes of at least 4 members (excludes halogenated alkanes) is 1. The van der Waals surface area contributed by atoms with Crippen molar-refractivity contribution < 1.29 is 14.4 Å². The third-order valence-electron chi connectivity index (χ3n) is 10.9. The average Bonchev–Trinajstić information content (AvgIpc) is 3.64. The van der Waals surface area contributed by atoms with Crippen molar-refractivity contribution >= 4 is 46.7 Å². The highest BCUT2D eigenvalue weighted by Crippen LogP contribution is 2.39. The minimum absolute atomic E-state index is 0.201. The SMILES string of the molecule is CN1C(=O)[C@H](CCCCN)NC(=O)[C@H](CCCN)NCc2cc(-c3ccc(CN)cc3)ccc2Sc2c(Cl)cccc2CNC(=O)[C@@H]1CC1=CCc2ccccc21. The standard InChI is InChI=1S/C45H54ClN7O3S/c1-53-40(25-33-19-18-31-8-2-3-10-36(31)33)44(55)51-27-34-9-6-11-37(46)42(34)57-41-21-20-32(30-16-14-29(26-49)15-17-30)24-35(41)28-50-38(13-7-23-48)43(54)52-39(45(53)56)12-4-5-22-47/h2-3,6,8-11,14-17,19-21,24,38-40,50H,4-5,7,12-13,18,22-23,25-28,47-49H2,1H3,(H,51,55)(H,52,54)/t38-,39-,40-/m0/s1. The van der Waals surface area contributed by atoms with Crippen molar-refractivity contribution in [1.29, 1.82) is 0 Å². The lowest BCUT2D eigenvalue weighted by Gasteiger charge is -2.32. The van der Waals surface area contributed by atoms with Crippen molar-refractivity contribution in [2.45, 2.75) is 92.5 Å². The Labute approximate surface area is 345 Å². The van der Waals surface area contributed by atoms with Crippen LogP contribution in [0.3, 0.4) is 0 Å². The summed E-state index contributed by atoms with van der Waals surface area (Å²) in [4.78, 5) is 46.5. The number of halogens is 1. The highest BCUT2D eigenvalue weighted by molar-refractivity contribution is 7.99. The second-order valence-corrected chi connectivity index (χ2v) is 16.2. The quantitative estimate of drug-likeness (QED) is 0.102. The van der Waals surface area contributed by atoms with Crippen LogP contribution in [0.2, 0.25) is 5.02 Å². The van der Waals surface area contributed by atoms with E-state index >= 15 is 0 Å². The van der Waals surface area contributed by atoms with Crippen molar-refractivity contribution in [3.63, 3.8) is 0 Å². The molecule has 0 bridgehead atoms. The van der Waals surface area contributed by atoms with Crippen LogP contribution in [0.25, 0.3) is 16.7 Å². The lowest BCUT2D eigenvalue weighted by atomic mass is 9.97. The molecule has 0 saturated carbocycles. The van der Waals surface area contributed by atoms with Crippen molar-refractivity contribution in [3.05, 3.63) is 124 Å². The van der Waals surface area contributed by atoms with Gasteiger partial charge in [-0.1, -0.05) is 96.2 Å². The van der Waals surface area contributed by atoms with Crippen LogP contribution in [0.5, 0.6) is 0 Å². The van der Waals surface area contributed by atoms with Crippen LogP contribution in [0, 0.1) is 0 Å². The number of benzene rings is 4. The van der Waals surface area contributed by atoms with Crippen molar-refractivity contribution in [1.82, 2.24) is 20.9 Å². The molecule has 12 heteroatoms. The van der Waals surface area contributed by atoms with Gasteiger partial charge in [-0.05, 0) is 114 Å². The average molecular weight is 808 g/mol. The molecular weight excluding hydrogens is 754 g/mol. The Balaban J connectivity index is 1.41. The van der Waals surface area contributed by atoms with Crippen LogP contribution in [0.1, 0.15) is 66.3 Å². The number of nitrogens with zero attached hydrogens (tertiary/aromatic N) is 1. The number of allylic oxidation sites excluding steroid dienone is 1. The summed E-state index contributed by atoms with van der Waals surface area (Å²) >= 11 is 8.45. The first-order valence-electron chi connectivity index (χ1n) is 19.8. The fourth-order valence-corrected chi connectivity index (χ4v) is 8.88. The van der Waals surface area contributed by atoms with Gasteiger partial charge in [-0.2, -0.15) is 0 Å². The van der Waals surface area contributed by atoms with Crippen LogP contribution in [0.15, 0.2) is 101 Å². The summed E-state index contributed by atoms with van der Waals surface area (Å²) < 4.78 is 0. The Morgan fingerprint density at radius 1 is 0.772 bits per heavy atom. The fraction of sp³-hybridized carbons (Fsp3) is 0.356. The molecule has 0 fully saturated rings. The number of amides is 3. The van der Waals surface area contributed by atoms with E-state index in [1.807, 2.05) is 42.5 Å². The van der Waals surface area contributed by atoms with Gasteiger partial charge in [-0.3, -0.25) is 14.4 Å². The molecule has 0 saturated heterocycles. The van der Waals surface area contributed by atoms with E-state index in [2.05, 4.69) is 64.5 Å². The predicted octanol–water partition coefficient (Wildman–Crippen LogP) is 5.91. The van der Waals surface area contributed by atoms with E-state index in [0.717, 1.165) is 55.2 Å². The zero-order valence-electron chi connectivity index (χ0n) is 32.6. The molecule has 0 radical (unpaired) electrons. The molecule has 3 atom stereocenters. The Bertz CT molecular complexity index is 2070. The third-order valence-corrected chi connectivity index (χ3v) is 12.6. The molecule has 0 aromatic heterocycles. The molecule has 6 rings (SSSR count). The molecule has 9 N–H and O–H groups in total. The summed E-state index contributed by atoms with van der Waals surface area (Å²) in [6.45, 7) is 1.90. The smallest absolute Gasteiger partial charge is 0.245 e. The van der Waals surface area contributed by atoms with Crippen LogP contribution in [0.4, 0.5) is 0 Å². The molecule has 1 heterocycles. The van der Waals surface area contributed by atoms with Crippen molar-refractivity contribution in [2.24, 2.45) is 17.2 Å². The van der Waals surface area contributed by atoms with Gasteiger partial charge in [0, 0.05) is 42.9 Å². The molecule has 4 aromatic carbocycles. The number of carbonyl (C=O) groups excluding carboxylic acids is 3. The minimum Gasteiger partial charge on any atom is -0.350 e.